The van der Waals surface area contributed by atoms with Crippen molar-refractivity contribution in [2.45, 2.75) is 26.4 Å². The van der Waals surface area contributed by atoms with Crippen LogP contribution in [0.5, 0.6) is 0 Å². The smallest absolute Gasteiger partial charge is 0.322 e. The van der Waals surface area contributed by atoms with Crippen molar-refractivity contribution < 1.29 is 9.21 Å². The summed E-state index contributed by atoms with van der Waals surface area (Å²) in [7, 11) is 0. The largest absolute Gasteiger partial charge is 0.467 e. The summed E-state index contributed by atoms with van der Waals surface area (Å²) in [4.78, 5) is 33.9. The summed E-state index contributed by atoms with van der Waals surface area (Å²) >= 11 is 3.45. The number of aromatic nitrogens is 2. The van der Waals surface area contributed by atoms with E-state index in [0.29, 0.717) is 33.9 Å². The number of furan rings is 1. The molecule has 0 aliphatic rings. The summed E-state index contributed by atoms with van der Waals surface area (Å²) in [5, 5.41) is 3.47. The van der Waals surface area contributed by atoms with Gasteiger partial charge in [-0.1, -0.05) is 51.8 Å². The number of benzene rings is 3. The fraction of sp³-hybridized carbons (Fsp3) is 0.138. The standard InChI is InChI=1S/C29H25BrN4O3/c1-19-12-14-23(15-13-19)34-27(32-26-11-4-3-10-25(26)28(34)35)20(2)33(18-24-9-6-16-37-24)29(36)31-22-8-5-7-21(30)17-22/h3-17,20H,18H2,1-2H3,(H,31,36). The predicted octanol–water partition coefficient (Wildman–Crippen LogP) is 6.84. The zero-order valence-corrected chi connectivity index (χ0v) is 22.0. The Bertz CT molecular complexity index is 1610. The van der Waals surface area contributed by atoms with Gasteiger partial charge in [0.15, 0.2) is 0 Å². The molecule has 7 nitrogen and oxygen atoms in total. The maximum atomic E-state index is 13.8. The highest BCUT2D eigenvalue weighted by atomic mass is 79.9. The molecule has 0 fully saturated rings. The monoisotopic (exact) mass is 556 g/mol. The van der Waals surface area contributed by atoms with Gasteiger partial charge in [-0.05, 0) is 68.4 Å². The molecule has 186 valence electrons. The van der Waals surface area contributed by atoms with Crippen LogP contribution in [-0.2, 0) is 6.54 Å². The number of anilines is 1. The molecule has 5 rings (SSSR count). The second-order valence-corrected chi connectivity index (χ2v) is 9.70. The molecule has 5 aromatic rings. The summed E-state index contributed by atoms with van der Waals surface area (Å²) in [6, 6.07) is 25.0. The number of carbonyl (C=O) groups excluding carboxylic acids is 1. The minimum absolute atomic E-state index is 0.185. The molecular weight excluding hydrogens is 532 g/mol. The van der Waals surface area contributed by atoms with Crippen LogP contribution in [0.3, 0.4) is 0 Å². The number of hydrogen-bond acceptors (Lipinski definition) is 4. The molecule has 1 N–H and O–H groups in total. The second kappa shape index (κ2) is 10.4. The van der Waals surface area contributed by atoms with E-state index in [9.17, 15) is 9.59 Å². The number of amides is 2. The van der Waals surface area contributed by atoms with Crippen LogP contribution in [0.15, 0.2) is 105 Å². The van der Waals surface area contributed by atoms with Crippen LogP contribution in [0.25, 0.3) is 16.6 Å². The highest BCUT2D eigenvalue weighted by Gasteiger charge is 2.28. The van der Waals surface area contributed by atoms with Gasteiger partial charge in [0.1, 0.15) is 11.6 Å². The van der Waals surface area contributed by atoms with Crippen molar-refractivity contribution in [3.05, 3.63) is 123 Å². The third-order valence-electron chi connectivity index (χ3n) is 6.18. The maximum absolute atomic E-state index is 13.8. The third-order valence-corrected chi connectivity index (χ3v) is 6.67. The Balaban J connectivity index is 1.63. The molecule has 0 spiro atoms. The van der Waals surface area contributed by atoms with Crippen LogP contribution in [0.2, 0.25) is 0 Å². The van der Waals surface area contributed by atoms with Crippen LogP contribution in [0, 0.1) is 6.92 Å². The van der Waals surface area contributed by atoms with E-state index < -0.39 is 6.04 Å². The van der Waals surface area contributed by atoms with Gasteiger partial charge in [0, 0.05) is 10.2 Å². The molecule has 0 aliphatic carbocycles. The van der Waals surface area contributed by atoms with Crippen molar-refractivity contribution >= 4 is 38.6 Å². The van der Waals surface area contributed by atoms with Crippen molar-refractivity contribution in [3.63, 3.8) is 0 Å². The zero-order valence-electron chi connectivity index (χ0n) is 20.4. The van der Waals surface area contributed by atoms with Crippen LogP contribution in [-0.4, -0.2) is 20.5 Å². The van der Waals surface area contributed by atoms with Crippen molar-refractivity contribution in [2.24, 2.45) is 0 Å². The predicted molar refractivity (Wildman–Crippen MR) is 148 cm³/mol. The molecule has 0 bridgehead atoms. The number of nitrogens with zero attached hydrogens (tertiary/aromatic N) is 3. The number of para-hydroxylation sites is 1. The Morgan fingerprint density at radius 3 is 2.57 bits per heavy atom. The van der Waals surface area contributed by atoms with E-state index in [-0.39, 0.29) is 18.1 Å². The fourth-order valence-corrected chi connectivity index (χ4v) is 4.63. The molecule has 8 heteroatoms. The van der Waals surface area contributed by atoms with Crippen LogP contribution < -0.4 is 10.9 Å². The van der Waals surface area contributed by atoms with E-state index in [1.165, 1.54) is 0 Å². The quantitative estimate of drug-likeness (QED) is 0.248. The van der Waals surface area contributed by atoms with Gasteiger partial charge in [-0.3, -0.25) is 9.36 Å². The number of carbonyl (C=O) groups is 1. The van der Waals surface area contributed by atoms with Crippen LogP contribution in [0.1, 0.15) is 30.1 Å². The number of fused-ring (bicyclic) bond motifs is 1. The lowest BCUT2D eigenvalue weighted by molar-refractivity contribution is 0.179. The summed E-state index contributed by atoms with van der Waals surface area (Å²) in [5.74, 6) is 1.06. The minimum Gasteiger partial charge on any atom is -0.467 e. The number of aryl methyl sites for hydroxylation is 1. The average molecular weight is 557 g/mol. The lowest BCUT2D eigenvalue weighted by Gasteiger charge is -2.30. The first-order valence-corrected chi connectivity index (χ1v) is 12.6. The Hall–Kier alpha value is -4.17. The van der Waals surface area contributed by atoms with Crippen molar-refractivity contribution in [1.29, 1.82) is 0 Å². The zero-order chi connectivity index (χ0) is 25.9. The molecule has 0 saturated carbocycles. The average Bonchev–Trinajstić information content (AvgIpc) is 3.41. The molecule has 3 aromatic carbocycles. The highest BCUT2D eigenvalue weighted by molar-refractivity contribution is 9.10. The van der Waals surface area contributed by atoms with E-state index in [4.69, 9.17) is 9.40 Å². The highest BCUT2D eigenvalue weighted by Crippen LogP contribution is 2.26. The first kappa shape index (κ1) is 24.5. The maximum Gasteiger partial charge on any atom is 0.322 e. The lowest BCUT2D eigenvalue weighted by atomic mass is 10.1. The SMILES string of the molecule is Cc1ccc(-n2c(C(C)N(Cc3ccco3)C(=O)Nc3cccc(Br)c3)nc3ccccc3c2=O)cc1. The van der Waals surface area contributed by atoms with Gasteiger partial charge < -0.3 is 14.6 Å². The Morgan fingerprint density at radius 1 is 1.05 bits per heavy atom. The number of nitrogens with one attached hydrogen (secondary N) is 1. The molecule has 1 unspecified atom stereocenters. The van der Waals surface area contributed by atoms with Gasteiger partial charge in [-0.15, -0.1) is 0 Å². The van der Waals surface area contributed by atoms with E-state index in [2.05, 4.69) is 21.2 Å². The van der Waals surface area contributed by atoms with Crippen LogP contribution >= 0.6 is 15.9 Å². The molecular formula is C29H25BrN4O3. The Kier molecular flexibility index (Phi) is 6.92. The van der Waals surface area contributed by atoms with E-state index in [0.717, 1.165) is 10.0 Å². The summed E-state index contributed by atoms with van der Waals surface area (Å²) in [6.45, 7) is 4.04. The topological polar surface area (TPSA) is 80.4 Å². The van der Waals surface area contributed by atoms with Gasteiger partial charge in [0.05, 0.1) is 35.4 Å². The molecule has 0 saturated heterocycles. The van der Waals surface area contributed by atoms with Crippen molar-refractivity contribution in [1.82, 2.24) is 14.5 Å². The van der Waals surface area contributed by atoms with Gasteiger partial charge in [0.2, 0.25) is 0 Å². The molecule has 2 aromatic heterocycles. The second-order valence-electron chi connectivity index (χ2n) is 8.79. The normalized spacial score (nSPS) is 11.9. The first-order valence-electron chi connectivity index (χ1n) is 11.8. The lowest BCUT2D eigenvalue weighted by Crippen LogP contribution is -2.39. The first-order chi connectivity index (χ1) is 17.9. The van der Waals surface area contributed by atoms with Crippen molar-refractivity contribution in [3.8, 4) is 5.69 Å². The van der Waals surface area contributed by atoms with E-state index in [1.807, 2.05) is 86.6 Å². The summed E-state index contributed by atoms with van der Waals surface area (Å²) in [5.41, 5.74) is 2.78. The Labute approximate surface area is 222 Å². The van der Waals surface area contributed by atoms with Gasteiger partial charge in [-0.2, -0.15) is 0 Å². The summed E-state index contributed by atoms with van der Waals surface area (Å²) in [6.07, 6.45) is 1.57. The molecule has 0 radical (unpaired) electrons. The minimum atomic E-state index is -0.587. The van der Waals surface area contributed by atoms with Gasteiger partial charge >= 0.3 is 6.03 Å². The molecule has 1 atom stereocenters. The third kappa shape index (κ3) is 5.20. The number of hydrogen-bond donors (Lipinski definition) is 1. The fourth-order valence-electron chi connectivity index (χ4n) is 4.23. The van der Waals surface area contributed by atoms with Crippen molar-refractivity contribution in [2.75, 3.05) is 5.32 Å². The van der Waals surface area contributed by atoms with Crippen LogP contribution in [0.4, 0.5) is 10.5 Å². The Morgan fingerprint density at radius 2 is 1.84 bits per heavy atom. The molecule has 2 amide bonds. The number of urea groups is 1. The molecule has 2 heterocycles. The summed E-state index contributed by atoms with van der Waals surface area (Å²) < 4.78 is 8.01. The van der Waals surface area contributed by atoms with E-state index >= 15 is 0 Å². The van der Waals surface area contributed by atoms with Gasteiger partial charge in [-0.25, -0.2) is 9.78 Å². The number of rotatable bonds is 6. The van der Waals surface area contributed by atoms with Gasteiger partial charge in [0.25, 0.3) is 5.56 Å². The molecule has 37 heavy (non-hydrogen) atoms. The van der Waals surface area contributed by atoms with E-state index in [1.54, 1.807) is 27.9 Å². The molecule has 0 aliphatic heterocycles. The number of halogens is 1.